The molecule has 2 aromatic rings. The second-order valence-corrected chi connectivity index (χ2v) is 7.08. The monoisotopic (exact) mass is 340 g/mol. The van der Waals surface area contributed by atoms with Crippen LogP contribution >= 0.6 is 11.3 Å². The molecule has 2 heterocycles. The average molecular weight is 340 g/mol. The molecule has 3 rings (SSSR count). The van der Waals surface area contributed by atoms with E-state index in [9.17, 15) is 13.2 Å². The first kappa shape index (κ1) is 16.3. The molecular weight excluding hydrogens is 321 g/mol. The highest BCUT2D eigenvalue weighted by atomic mass is 32.1. The summed E-state index contributed by atoms with van der Waals surface area (Å²) in [5.74, 6) is 0. The van der Waals surface area contributed by atoms with Crippen molar-refractivity contribution in [2.75, 3.05) is 18.0 Å². The Morgan fingerprint density at radius 3 is 2.48 bits per heavy atom. The van der Waals surface area contributed by atoms with Gasteiger partial charge in [-0.3, -0.25) is 0 Å². The largest absolute Gasteiger partial charge is 0.418 e. The summed E-state index contributed by atoms with van der Waals surface area (Å²) in [4.78, 5) is 7.28. The summed E-state index contributed by atoms with van der Waals surface area (Å²) in [6, 6.07) is 4.63. The number of aryl methyl sites for hydroxylation is 2. The zero-order valence-electron chi connectivity index (χ0n) is 13.2. The van der Waals surface area contributed by atoms with E-state index in [1.807, 2.05) is 18.7 Å². The lowest BCUT2D eigenvalue weighted by atomic mass is 10.0. The van der Waals surface area contributed by atoms with E-state index in [2.05, 4.69) is 4.98 Å². The van der Waals surface area contributed by atoms with Crippen LogP contribution in [-0.2, 0) is 12.6 Å². The summed E-state index contributed by atoms with van der Waals surface area (Å²) < 4.78 is 40.6. The van der Waals surface area contributed by atoms with E-state index in [4.69, 9.17) is 0 Å². The highest BCUT2D eigenvalue weighted by Crippen LogP contribution is 2.40. The molecule has 1 aliphatic heterocycles. The quantitative estimate of drug-likeness (QED) is 0.754. The van der Waals surface area contributed by atoms with Gasteiger partial charge in [0.25, 0.3) is 0 Å². The van der Waals surface area contributed by atoms with Crippen molar-refractivity contribution in [3.05, 3.63) is 33.6 Å². The fourth-order valence-corrected chi connectivity index (χ4v) is 3.91. The molecule has 0 atom stereocenters. The molecule has 0 bridgehead atoms. The summed E-state index contributed by atoms with van der Waals surface area (Å²) in [6.07, 6.45) is -1.66. The van der Waals surface area contributed by atoms with Crippen LogP contribution in [0.25, 0.3) is 11.3 Å². The second-order valence-electron chi connectivity index (χ2n) is 5.79. The highest BCUT2D eigenvalue weighted by molar-refractivity contribution is 7.12. The van der Waals surface area contributed by atoms with Crippen LogP contribution in [-0.4, -0.2) is 18.1 Å². The number of anilines is 1. The third-order valence-electron chi connectivity index (χ3n) is 4.17. The Bertz CT molecular complexity index is 700. The van der Waals surface area contributed by atoms with Gasteiger partial charge in [-0.15, -0.1) is 11.3 Å². The zero-order chi connectivity index (χ0) is 16.6. The van der Waals surface area contributed by atoms with Gasteiger partial charge in [0.2, 0.25) is 0 Å². The standard InChI is InChI=1S/C17H19F3N2S/c1-3-15-21-16(11(2)23-15)12-6-7-14(22-8-4-5-9-22)13(10-12)17(18,19)20/h6-7,10H,3-5,8-9H2,1-2H3. The van der Waals surface area contributed by atoms with Crippen molar-refractivity contribution in [2.24, 2.45) is 0 Å². The smallest absolute Gasteiger partial charge is 0.371 e. The molecule has 0 aliphatic carbocycles. The third-order valence-corrected chi connectivity index (χ3v) is 5.28. The van der Waals surface area contributed by atoms with Crippen molar-refractivity contribution >= 4 is 17.0 Å². The van der Waals surface area contributed by atoms with Gasteiger partial charge in [-0.25, -0.2) is 4.98 Å². The zero-order valence-corrected chi connectivity index (χ0v) is 14.0. The number of benzene rings is 1. The predicted molar refractivity (Wildman–Crippen MR) is 88.1 cm³/mol. The Kier molecular flexibility index (Phi) is 4.36. The molecule has 0 unspecified atom stereocenters. The van der Waals surface area contributed by atoms with E-state index in [1.165, 1.54) is 6.07 Å². The number of alkyl halides is 3. The molecule has 124 valence electrons. The normalized spacial score (nSPS) is 15.4. The molecule has 0 saturated carbocycles. The third kappa shape index (κ3) is 3.22. The second kappa shape index (κ2) is 6.15. The van der Waals surface area contributed by atoms with Crippen molar-refractivity contribution in [2.45, 2.75) is 39.3 Å². The first-order valence-corrected chi connectivity index (χ1v) is 8.64. The lowest BCUT2D eigenvalue weighted by Gasteiger charge is -2.23. The van der Waals surface area contributed by atoms with Crippen LogP contribution < -0.4 is 4.90 Å². The van der Waals surface area contributed by atoms with Crippen LogP contribution in [0.5, 0.6) is 0 Å². The lowest BCUT2D eigenvalue weighted by Crippen LogP contribution is -2.22. The van der Waals surface area contributed by atoms with Crippen LogP contribution in [0.15, 0.2) is 18.2 Å². The summed E-state index contributed by atoms with van der Waals surface area (Å²) >= 11 is 1.55. The number of hydrogen-bond acceptors (Lipinski definition) is 3. The molecule has 0 spiro atoms. The fraction of sp³-hybridized carbons (Fsp3) is 0.471. The van der Waals surface area contributed by atoms with E-state index < -0.39 is 11.7 Å². The molecule has 0 radical (unpaired) electrons. The molecule has 6 heteroatoms. The summed E-state index contributed by atoms with van der Waals surface area (Å²) in [7, 11) is 0. The summed E-state index contributed by atoms with van der Waals surface area (Å²) in [6.45, 7) is 5.30. The minimum absolute atomic E-state index is 0.294. The number of thiazole rings is 1. The van der Waals surface area contributed by atoms with E-state index in [1.54, 1.807) is 23.5 Å². The van der Waals surface area contributed by atoms with Crippen molar-refractivity contribution in [3.63, 3.8) is 0 Å². The molecular formula is C17H19F3N2S. The van der Waals surface area contributed by atoms with Gasteiger partial charge in [-0.2, -0.15) is 13.2 Å². The number of hydrogen-bond donors (Lipinski definition) is 0. The maximum absolute atomic E-state index is 13.5. The summed E-state index contributed by atoms with van der Waals surface area (Å²) in [5, 5.41) is 0.953. The van der Waals surface area contributed by atoms with Gasteiger partial charge in [0.05, 0.1) is 16.3 Å². The van der Waals surface area contributed by atoms with Gasteiger partial charge >= 0.3 is 6.18 Å². The Hall–Kier alpha value is -1.56. The van der Waals surface area contributed by atoms with E-state index >= 15 is 0 Å². The van der Waals surface area contributed by atoms with Crippen LogP contribution in [0.2, 0.25) is 0 Å². The van der Waals surface area contributed by atoms with Crippen LogP contribution in [0, 0.1) is 6.92 Å². The van der Waals surface area contributed by atoms with Crippen LogP contribution in [0.1, 0.15) is 35.2 Å². The summed E-state index contributed by atoms with van der Waals surface area (Å²) in [5.41, 5.74) is 0.962. The minimum atomic E-state index is -4.36. The molecule has 0 N–H and O–H groups in total. The Morgan fingerprint density at radius 2 is 1.91 bits per heavy atom. The minimum Gasteiger partial charge on any atom is -0.371 e. The first-order valence-electron chi connectivity index (χ1n) is 7.83. The van der Waals surface area contributed by atoms with Crippen LogP contribution in [0.4, 0.5) is 18.9 Å². The molecule has 1 aromatic heterocycles. The molecule has 1 saturated heterocycles. The van der Waals surface area contributed by atoms with Crippen molar-refractivity contribution < 1.29 is 13.2 Å². The lowest BCUT2D eigenvalue weighted by molar-refractivity contribution is -0.137. The Balaban J connectivity index is 2.08. The Labute approximate surface area is 138 Å². The maximum Gasteiger partial charge on any atom is 0.418 e. The number of rotatable bonds is 3. The highest BCUT2D eigenvalue weighted by Gasteiger charge is 2.36. The van der Waals surface area contributed by atoms with E-state index in [0.29, 0.717) is 30.0 Å². The molecule has 1 aromatic carbocycles. The number of nitrogens with zero attached hydrogens (tertiary/aromatic N) is 2. The van der Waals surface area contributed by atoms with Crippen molar-refractivity contribution in [1.82, 2.24) is 4.98 Å². The fourth-order valence-electron chi connectivity index (χ4n) is 3.01. The van der Waals surface area contributed by atoms with Gasteiger partial charge in [-0.1, -0.05) is 13.0 Å². The maximum atomic E-state index is 13.5. The van der Waals surface area contributed by atoms with Crippen molar-refractivity contribution in [1.29, 1.82) is 0 Å². The van der Waals surface area contributed by atoms with Gasteiger partial charge in [-0.05, 0) is 38.3 Å². The predicted octanol–water partition coefficient (Wildman–Crippen LogP) is 5.30. The Morgan fingerprint density at radius 1 is 1.22 bits per heavy atom. The van der Waals surface area contributed by atoms with E-state index in [0.717, 1.165) is 29.1 Å². The van der Waals surface area contributed by atoms with Gasteiger partial charge in [0, 0.05) is 29.2 Å². The number of halogens is 3. The van der Waals surface area contributed by atoms with Crippen molar-refractivity contribution in [3.8, 4) is 11.3 Å². The van der Waals surface area contributed by atoms with Crippen LogP contribution in [0.3, 0.4) is 0 Å². The van der Waals surface area contributed by atoms with Gasteiger partial charge in [0.15, 0.2) is 0 Å². The first-order chi connectivity index (χ1) is 10.9. The molecule has 23 heavy (non-hydrogen) atoms. The molecule has 1 fully saturated rings. The van der Waals surface area contributed by atoms with Gasteiger partial charge < -0.3 is 4.90 Å². The number of aromatic nitrogens is 1. The van der Waals surface area contributed by atoms with Gasteiger partial charge in [0.1, 0.15) is 0 Å². The average Bonchev–Trinajstić information content (AvgIpc) is 3.15. The molecule has 0 amide bonds. The molecule has 1 aliphatic rings. The topological polar surface area (TPSA) is 16.1 Å². The van der Waals surface area contributed by atoms with E-state index in [-0.39, 0.29) is 0 Å². The molecule has 2 nitrogen and oxygen atoms in total. The SMILES string of the molecule is CCc1nc(-c2ccc(N3CCCC3)c(C(F)(F)F)c2)c(C)s1.